The summed E-state index contributed by atoms with van der Waals surface area (Å²) in [5.74, 6) is -0.113. The lowest BCUT2D eigenvalue weighted by Crippen LogP contribution is -2.37. The molecule has 0 spiro atoms. The largest absolute Gasteiger partial charge is 0.494 e. The molecule has 0 radical (unpaired) electrons. The molecule has 0 unspecified atom stereocenters. The maximum Gasteiger partial charge on any atom is 0.277 e. The van der Waals surface area contributed by atoms with Crippen LogP contribution in [0.15, 0.2) is 59.3 Å². The highest BCUT2D eigenvalue weighted by Gasteiger charge is 2.38. The van der Waals surface area contributed by atoms with Crippen LogP contribution in [0.2, 0.25) is 0 Å². The smallest absolute Gasteiger partial charge is 0.277 e. The van der Waals surface area contributed by atoms with Crippen molar-refractivity contribution in [3.05, 3.63) is 59.9 Å². The number of nitrogens with zero attached hydrogens (tertiary/aromatic N) is 2. The van der Waals surface area contributed by atoms with E-state index in [4.69, 9.17) is 4.74 Å². The first-order valence-corrected chi connectivity index (χ1v) is 9.50. The summed E-state index contributed by atoms with van der Waals surface area (Å²) in [5.41, 5.74) is 0.256. The first-order valence-electron chi connectivity index (χ1n) is 8.06. The molecule has 138 valence electrons. The van der Waals surface area contributed by atoms with Crippen molar-refractivity contribution in [1.82, 2.24) is 9.29 Å². The Balaban J connectivity index is 0.00000117. The summed E-state index contributed by atoms with van der Waals surface area (Å²) in [6, 6.07) is 11.4. The lowest BCUT2D eigenvalue weighted by molar-refractivity contribution is -0.113. The Labute approximate surface area is 153 Å². The maximum atomic E-state index is 12.7. The van der Waals surface area contributed by atoms with Crippen molar-refractivity contribution in [2.75, 3.05) is 19.5 Å². The second-order valence-corrected chi connectivity index (χ2v) is 6.96. The van der Waals surface area contributed by atoms with E-state index in [1.54, 1.807) is 36.4 Å². The van der Waals surface area contributed by atoms with Gasteiger partial charge in [0, 0.05) is 18.8 Å². The normalized spacial score (nSPS) is 14.7. The highest BCUT2D eigenvalue weighted by Crippen LogP contribution is 2.36. The van der Waals surface area contributed by atoms with E-state index in [1.165, 1.54) is 26.4 Å². The van der Waals surface area contributed by atoms with Crippen LogP contribution < -0.4 is 5.32 Å². The van der Waals surface area contributed by atoms with Crippen molar-refractivity contribution in [1.29, 1.82) is 0 Å². The van der Waals surface area contributed by atoms with E-state index in [0.29, 0.717) is 11.4 Å². The Morgan fingerprint density at radius 3 is 2.38 bits per heavy atom. The highest BCUT2D eigenvalue weighted by atomic mass is 32.2. The topological polar surface area (TPSA) is 88.6 Å². The summed E-state index contributed by atoms with van der Waals surface area (Å²) >= 11 is 0. The van der Waals surface area contributed by atoms with E-state index in [-0.39, 0.29) is 16.4 Å². The maximum absolute atomic E-state index is 12.7. The van der Waals surface area contributed by atoms with Gasteiger partial charge in [-0.05, 0) is 24.3 Å². The van der Waals surface area contributed by atoms with Gasteiger partial charge in [0.2, 0.25) is 0 Å². The quantitative estimate of drug-likeness (QED) is 0.891. The molecule has 0 atom stereocenters. The number of aromatic nitrogens is 1. The zero-order chi connectivity index (χ0) is 19.3. The van der Waals surface area contributed by atoms with Gasteiger partial charge in [0.1, 0.15) is 5.82 Å². The summed E-state index contributed by atoms with van der Waals surface area (Å²) < 4.78 is 31.6. The molecular formula is C18H21N3O4S. The highest BCUT2D eigenvalue weighted by molar-refractivity contribution is 7.89. The number of amides is 1. The van der Waals surface area contributed by atoms with Gasteiger partial charge in [-0.1, -0.05) is 32.0 Å². The van der Waals surface area contributed by atoms with E-state index in [2.05, 4.69) is 10.3 Å². The van der Waals surface area contributed by atoms with Gasteiger partial charge in [0.05, 0.1) is 12.0 Å². The molecule has 7 nitrogen and oxygen atoms in total. The van der Waals surface area contributed by atoms with Crippen molar-refractivity contribution in [2.24, 2.45) is 0 Å². The summed E-state index contributed by atoms with van der Waals surface area (Å²) in [6.07, 6.45) is 1.53. The van der Waals surface area contributed by atoms with Gasteiger partial charge >= 0.3 is 0 Å². The number of hydrogen-bond acceptors (Lipinski definition) is 5. The molecule has 1 aromatic carbocycles. The van der Waals surface area contributed by atoms with Crippen molar-refractivity contribution in [3.63, 3.8) is 0 Å². The number of hydrogen-bond donors (Lipinski definition) is 1. The van der Waals surface area contributed by atoms with Crippen LogP contribution in [0.4, 0.5) is 5.82 Å². The molecule has 1 amide bonds. The van der Waals surface area contributed by atoms with Gasteiger partial charge < -0.3 is 10.1 Å². The molecule has 0 saturated carbocycles. The predicted octanol–water partition coefficient (Wildman–Crippen LogP) is 2.70. The van der Waals surface area contributed by atoms with E-state index >= 15 is 0 Å². The molecule has 0 saturated heterocycles. The predicted molar refractivity (Wildman–Crippen MR) is 99.5 cm³/mol. The number of likely N-dealkylation sites (N-methyl/N-ethyl adjacent to an activating group) is 1. The molecule has 0 aliphatic carbocycles. The van der Waals surface area contributed by atoms with Crippen LogP contribution in [-0.2, 0) is 19.6 Å². The number of sulfonamides is 1. The minimum absolute atomic E-state index is 0.0955. The van der Waals surface area contributed by atoms with Crippen molar-refractivity contribution in [2.45, 2.75) is 18.7 Å². The fourth-order valence-corrected chi connectivity index (χ4v) is 3.87. The van der Waals surface area contributed by atoms with Crippen LogP contribution >= 0.6 is 0 Å². The lowest BCUT2D eigenvalue weighted by Gasteiger charge is -2.29. The molecule has 2 aromatic rings. The van der Waals surface area contributed by atoms with Crippen molar-refractivity contribution in [3.8, 4) is 0 Å². The second kappa shape index (κ2) is 8.01. The van der Waals surface area contributed by atoms with Gasteiger partial charge in [0.25, 0.3) is 15.9 Å². The Hall–Kier alpha value is -2.87. The number of rotatable bonds is 3. The molecule has 8 heteroatoms. The van der Waals surface area contributed by atoms with Crippen molar-refractivity contribution >= 4 is 27.5 Å². The molecule has 0 fully saturated rings. The van der Waals surface area contributed by atoms with Crippen LogP contribution in [0.3, 0.4) is 0 Å². The molecule has 26 heavy (non-hydrogen) atoms. The number of carbonyl (C=O) groups is 1. The van der Waals surface area contributed by atoms with Gasteiger partial charge in [-0.2, -0.15) is 0 Å². The number of anilines is 1. The molecule has 1 aliphatic rings. The molecular weight excluding hydrogens is 354 g/mol. The van der Waals surface area contributed by atoms with E-state index in [1.807, 2.05) is 13.8 Å². The molecule has 0 bridgehead atoms. The number of pyridine rings is 1. The molecule has 3 rings (SSSR count). The minimum atomic E-state index is -3.84. The molecule has 2 heterocycles. The lowest BCUT2D eigenvalue weighted by atomic mass is 10.1. The van der Waals surface area contributed by atoms with Gasteiger partial charge in [-0.25, -0.2) is 13.4 Å². The number of ether oxygens (including phenoxy) is 1. The Bertz CT molecular complexity index is 924. The van der Waals surface area contributed by atoms with Crippen LogP contribution in [0.5, 0.6) is 0 Å². The standard InChI is InChI=1S/C16H15N3O4S.C2H6/c1-19-14(16(20)18-13-9-5-6-10-17-13)15(23-2)11-7-3-4-8-12(11)24(19,21)22;1-2/h3-10H,1-2H3,(H,17,18,20);1-2H3. The molecule has 1 N–H and O–H groups in total. The van der Waals surface area contributed by atoms with Crippen molar-refractivity contribution < 1.29 is 17.9 Å². The Morgan fingerprint density at radius 1 is 1.12 bits per heavy atom. The number of carbonyl (C=O) groups excluding carboxylic acids is 1. The number of benzene rings is 1. The number of methoxy groups -OCH3 is 1. The summed E-state index contributed by atoms with van der Waals surface area (Å²) in [6.45, 7) is 4.00. The average Bonchev–Trinajstić information content (AvgIpc) is 2.67. The third-order valence-corrected chi connectivity index (χ3v) is 5.44. The van der Waals surface area contributed by atoms with Gasteiger partial charge in [0.15, 0.2) is 11.5 Å². The van der Waals surface area contributed by atoms with E-state index in [0.717, 1.165) is 4.31 Å². The number of nitrogens with one attached hydrogen (secondary N) is 1. The fraction of sp³-hybridized carbons (Fsp3) is 0.222. The number of fused-ring (bicyclic) bond motifs is 1. The third-order valence-electron chi connectivity index (χ3n) is 3.63. The first kappa shape index (κ1) is 19.5. The second-order valence-electron chi connectivity index (χ2n) is 5.02. The Morgan fingerprint density at radius 2 is 1.77 bits per heavy atom. The van der Waals surface area contributed by atoms with Gasteiger partial charge in [-0.3, -0.25) is 9.10 Å². The summed E-state index contributed by atoms with van der Waals surface area (Å²) in [4.78, 5) is 16.8. The molecule has 1 aromatic heterocycles. The van der Waals surface area contributed by atoms with Crippen LogP contribution in [0.25, 0.3) is 5.76 Å². The van der Waals surface area contributed by atoms with Gasteiger partial charge in [-0.15, -0.1) is 0 Å². The fourth-order valence-electron chi connectivity index (χ4n) is 2.48. The SMILES string of the molecule is CC.COC1=C(C(=O)Nc2ccccn2)N(C)S(=O)(=O)c2ccccc21. The average molecular weight is 375 g/mol. The summed E-state index contributed by atoms with van der Waals surface area (Å²) in [5, 5.41) is 2.58. The van der Waals surface area contributed by atoms with Crippen LogP contribution in [-0.4, -0.2) is 37.8 Å². The Kier molecular flexibility index (Phi) is 5.99. The first-order chi connectivity index (χ1) is 12.5. The monoisotopic (exact) mass is 375 g/mol. The van der Waals surface area contributed by atoms with Crippen LogP contribution in [0.1, 0.15) is 19.4 Å². The third kappa shape index (κ3) is 3.41. The minimum Gasteiger partial charge on any atom is -0.494 e. The van der Waals surface area contributed by atoms with E-state index < -0.39 is 15.9 Å². The zero-order valence-corrected chi connectivity index (χ0v) is 15.9. The zero-order valence-electron chi connectivity index (χ0n) is 15.1. The summed E-state index contributed by atoms with van der Waals surface area (Å²) in [7, 11) is -1.12. The van der Waals surface area contributed by atoms with E-state index in [9.17, 15) is 13.2 Å². The van der Waals surface area contributed by atoms with Crippen LogP contribution in [0, 0.1) is 0 Å². The molecule has 1 aliphatic heterocycles.